The van der Waals surface area contributed by atoms with Crippen molar-refractivity contribution in [1.29, 1.82) is 0 Å². The number of rotatable bonds is 6. The van der Waals surface area contributed by atoms with Gasteiger partial charge < -0.3 is 10.1 Å². The summed E-state index contributed by atoms with van der Waals surface area (Å²) in [5, 5.41) is 2.78. The highest BCUT2D eigenvalue weighted by Crippen LogP contribution is 2.19. The summed E-state index contributed by atoms with van der Waals surface area (Å²) < 4.78 is 8.35. The standard InChI is InChI=1S/C21H28N4O4/c1-4-29-21(28)16-10-12-24(13-11-16)14-18(26)22-19-15(2)23(3)25(20(19)27)17-8-6-5-7-9-17/h5-9,16H,4,10-14H2,1-3H3,(H,22,26). The monoisotopic (exact) mass is 400 g/mol. The van der Waals surface area contributed by atoms with Crippen molar-refractivity contribution in [2.24, 2.45) is 13.0 Å². The maximum atomic E-state index is 12.9. The largest absolute Gasteiger partial charge is 0.466 e. The van der Waals surface area contributed by atoms with E-state index in [2.05, 4.69) is 5.32 Å². The molecule has 0 spiro atoms. The summed E-state index contributed by atoms with van der Waals surface area (Å²) in [6.45, 7) is 5.49. The zero-order chi connectivity index (χ0) is 21.0. The molecule has 1 aliphatic rings. The van der Waals surface area contributed by atoms with Crippen molar-refractivity contribution in [3.05, 3.63) is 46.4 Å². The Hall–Kier alpha value is -2.87. The van der Waals surface area contributed by atoms with E-state index in [0.717, 1.165) is 5.69 Å². The lowest BCUT2D eigenvalue weighted by Crippen LogP contribution is -2.41. The predicted octanol–water partition coefficient (Wildman–Crippen LogP) is 1.70. The van der Waals surface area contributed by atoms with Gasteiger partial charge in [0.1, 0.15) is 5.69 Å². The molecule has 1 saturated heterocycles. The van der Waals surface area contributed by atoms with Crippen LogP contribution in [0, 0.1) is 12.8 Å². The first-order valence-corrected chi connectivity index (χ1v) is 9.95. The minimum absolute atomic E-state index is 0.0938. The Morgan fingerprint density at radius 1 is 1.17 bits per heavy atom. The molecule has 1 amide bonds. The molecule has 1 aliphatic heterocycles. The van der Waals surface area contributed by atoms with E-state index in [1.807, 2.05) is 35.2 Å². The number of piperidine rings is 1. The van der Waals surface area contributed by atoms with E-state index < -0.39 is 0 Å². The number of anilines is 1. The second-order valence-electron chi connectivity index (χ2n) is 7.29. The topological polar surface area (TPSA) is 85.6 Å². The minimum atomic E-state index is -0.259. The predicted molar refractivity (Wildman–Crippen MR) is 110 cm³/mol. The van der Waals surface area contributed by atoms with Crippen LogP contribution >= 0.6 is 0 Å². The third kappa shape index (κ3) is 4.59. The van der Waals surface area contributed by atoms with Gasteiger partial charge >= 0.3 is 5.97 Å². The third-order valence-electron chi connectivity index (χ3n) is 5.39. The molecule has 1 aromatic carbocycles. The minimum Gasteiger partial charge on any atom is -0.466 e. The number of para-hydroxylation sites is 1. The van der Waals surface area contributed by atoms with Crippen molar-refractivity contribution in [2.45, 2.75) is 26.7 Å². The molecule has 0 saturated carbocycles. The molecule has 0 radical (unpaired) electrons. The van der Waals surface area contributed by atoms with Crippen LogP contribution in [-0.4, -0.2) is 52.4 Å². The van der Waals surface area contributed by atoms with Gasteiger partial charge in [-0.2, -0.15) is 0 Å². The average Bonchev–Trinajstić information content (AvgIpc) is 2.92. The smallest absolute Gasteiger partial charge is 0.309 e. The van der Waals surface area contributed by atoms with E-state index in [-0.39, 0.29) is 29.9 Å². The van der Waals surface area contributed by atoms with Crippen LogP contribution in [0.25, 0.3) is 5.69 Å². The number of esters is 1. The summed E-state index contributed by atoms with van der Waals surface area (Å²) in [6.07, 6.45) is 1.36. The number of ether oxygens (including phenoxy) is 1. The molecule has 8 nitrogen and oxygen atoms in total. The van der Waals surface area contributed by atoms with E-state index in [1.165, 1.54) is 4.68 Å². The Balaban J connectivity index is 1.64. The highest BCUT2D eigenvalue weighted by Gasteiger charge is 2.27. The van der Waals surface area contributed by atoms with Gasteiger partial charge in [-0.25, -0.2) is 4.68 Å². The summed E-state index contributed by atoms with van der Waals surface area (Å²) >= 11 is 0. The number of hydrogen-bond donors (Lipinski definition) is 1. The van der Waals surface area contributed by atoms with Crippen LogP contribution in [0.1, 0.15) is 25.5 Å². The number of nitrogens with one attached hydrogen (secondary N) is 1. The average molecular weight is 400 g/mol. The van der Waals surface area contributed by atoms with Crippen LogP contribution in [-0.2, 0) is 21.4 Å². The molecule has 8 heteroatoms. The van der Waals surface area contributed by atoms with Gasteiger partial charge in [-0.15, -0.1) is 0 Å². The van der Waals surface area contributed by atoms with Gasteiger partial charge in [0.2, 0.25) is 5.91 Å². The fourth-order valence-electron chi connectivity index (χ4n) is 3.68. The number of hydrogen-bond acceptors (Lipinski definition) is 5. The maximum Gasteiger partial charge on any atom is 0.309 e. The molecule has 1 aromatic heterocycles. The van der Waals surface area contributed by atoms with Crippen LogP contribution in [0.4, 0.5) is 5.69 Å². The lowest BCUT2D eigenvalue weighted by molar-refractivity contribution is -0.149. The summed E-state index contributed by atoms with van der Waals surface area (Å²) in [4.78, 5) is 39.3. The molecular weight excluding hydrogens is 372 g/mol. The molecule has 0 unspecified atom stereocenters. The van der Waals surface area contributed by atoms with Gasteiger partial charge in [0.05, 0.1) is 30.5 Å². The number of aromatic nitrogens is 2. The van der Waals surface area contributed by atoms with E-state index in [9.17, 15) is 14.4 Å². The lowest BCUT2D eigenvalue weighted by Gasteiger charge is -2.30. The van der Waals surface area contributed by atoms with Gasteiger partial charge in [-0.3, -0.25) is 24.0 Å². The molecule has 0 atom stereocenters. The fraction of sp³-hybridized carbons (Fsp3) is 0.476. The fourth-order valence-corrected chi connectivity index (χ4v) is 3.68. The Morgan fingerprint density at radius 3 is 2.45 bits per heavy atom. The van der Waals surface area contributed by atoms with E-state index in [4.69, 9.17) is 4.74 Å². The molecule has 1 fully saturated rings. The van der Waals surface area contributed by atoms with Crippen molar-refractivity contribution >= 4 is 17.6 Å². The Kier molecular flexibility index (Phi) is 6.53. The highest BCUT2D eigenvalue weighted by molar-refractivity contribution is 5.92. The number of carbonyl (C=O) groups excluding carboxylic acids is 2. The maximum absolute atomic E-state index is 12.9. The van der Waals surface area contributed by atoms with Gasteiger partial charge in [0, 0.05) is 7.05 Å². The molecule has 3 rings (SSSR count). The molecule has 29 heavy (non-hydrogen) atoms. The van der Waals surface area contributed by atoms with Crippen LogP contribution < -0.4 is 10.9 Å². The molecule has 2 heterocycles. The molecule has 1 N–H and O–H groups in total. The van der Waals surface area contributed by atoms with Crippen molar-refractivity contribution in [2.75, 3.05) is 31.6 Å². The summed E-state index contributed by atoms with van der Waals surface area (Å²) in [6, 6.07) is 9.31. The van der Waals surface area contributed by atoms with Crippen molar-refractivity contribution in [3.63, 3.8) is 0 Å². The SMILES string of the molecule is CCOC(=O)C1CCN(CC(=O)Nc2c(C)n(C)n(-c3ccccc3)c2=O)CC1. The van der Waals surface area contributed by atoms with Gasteiger partial charge in [-0.05, 0) is 51.9 Å². The number of carbonyl (C=O) groups is 2. The van der Waals surface area contributed by atoms with Gasteiger partial charge in [0.15, 0.2) is 0 Å². The van der Waals surface area contributed by atoms with Crippen molar-refractivity contribution in [3.8, 4) is 5.69 Å². The summed E-state index contributed by atoms with van der Waals surface area (Å²) in [5.41, 5.74) is 1.46. The summed E-state index contributed by atoms with van der Waals surface area (Å²) in [7, 11) is 1.79. The van der Waals surface area contributed by atoms with Crippen LogP contribution in [0.2, 0.25) is 0 Å². The van der Waals surface area contributed by atoms with Crippen LogP contribution in [0.3, 0.4) is 0 Å². The molecule has 156 valence electrons. The van der Waals surface area contributed by atoms with Crippen molar-refractivity contribution < 1.29 is 14.3 Å². The first kappa shape index (κ1) is 20.9. The lowest BCUT2D eigenvalue weighted by atomic mass is 9.97. The van der Waals surface area contributed by atoms with E-state index in [0.29, 0.717) is 43.9 Å². The third-order valence-corrected chi connectivity index (χ3v) is 5.39. The number of nitrogens with zero attached hydrogens (tertiary/aromatic N) is 3. The molecule has 0 bridgehead atoms. The second kappa shape index (κ2) is 9.09. The first-order chi connectivity index (χ1) is 13.9. The number of amides is 1. The number of likely N-dealkylation sites (tertiary alicyclic amines) is 1. The Labute approximate surface area is 170 Å². The normalized spacial score (nSPS) is 15.3. The Morgan fingerprint density at radius 2 is 1.83 bits per heavy atom. The quantitative estimate of drug-likeness (QED) is 0.746. The highest BCUT2D eigenvalue weighted by atomic mass is 16.5. The zero-order valence-corrected chi connectivity index (χ0v) is 17.2. The van der Waals surface area contributed by atoms with Gasteiger partial charge in [0.25, 0.3) is 5.56 Å². The van der Waals surface area contributed by atoms with Gasteiger partial charge in [-0.1, -0.05) is 18.2 Å². The molecule has 2 aromatic rings. The molecule has 0 aliphatic carbocycles. The zero-order valence-electron chi connectivity index (χ0n) is 17.2. The van der Waals surface area contributed by atoms with E-state index >= 15 is 0 Å². The number of benzene rings is 1. The molecular formula is C21H28N4O4. The van der Waals surface area contributed by atoms with Crippen LogP contribution in [0.15, 0.2) is 35.1 Å². The van der Waals surface area contributed by atoms with E-state index in [1.54, 1.807) is 25.6 Å². The summed E-state index contributed by atoms with van der Waals surface area (Å²) in [5.74, 6) is -0.479. The second-order valence-corrected chi connectivity index (χ2v) is 7.29. The van der Waals surface area contributed by atoms with Crippen LogP contribution in [0.5, 0.6) is 0 Å². The van der Waals surface area contributed by atoms with Crippen molar-refractivity contribution in [1.82, 2.24) is 14.3 Å². The Bertz CT molecular complexity index is 924. The first-order valence-electron chi connectivity index (χ1n) is 9.95.